The number of nitrogens with one attached hydrogen (secondary N) is 1. The minimum absolute atomic E-state index is 0.0742. The zero-order chi connectivity index (χ0) is 13.2. The average Bonchev–Trinajstić information content (AvgIpc) is 2.74. The van der Waals surface area contributed by atoms with E-state index < -0.39 is 5.82 Å². The first-order chi connectivity index (χ1) is 8.50. The summed E-state index contributed by atoms with van der Waals surface area (Å²) in [4.78, 5) is 0.0742. The summed E-state index contributed by atoms with van der Waals surface area (Å²) < 4.78 is 19.3. The van der Waals surface area contributed by atoms with Crippen molar-refractivity contribution >= 4 is 22.9 Å². The fraction of sp³-hybridized carbons (Fsp3) is 0.462. The van der Waals surface area contributed by atoms with Crippen LogP contribution in [0, 0.1) is 5.82 Å². The van der Waals surface area contributed by atoms with E-state index in [1.54, 1.807) is 12.1 Å². The molecular weight excluding hydrogens is 251 g/mol. The van der Waals surface area contributed by atoms with Crippen molar-refractivity contribution in [2.45, 2.75) is 25.4 Å². The lowest BCUT2D eigenvalue weighted by atomic mass is 10.0. The van der Waals surface area contributed by atoms with Gasteiger partial charge < -0.3 is 15.8 Å². The number of nitrogens with two attached hydrogens (primary N) is 1. The number of benzene rings is 1. The summed E-state index contributed by atoms with van der Waals surface area (Å²) in [7, 11) is 0. The Labute approximate surface area is 112 Å². The third-order valence-electron chi connectivity index (χ3n) is 3.20. The van der Waals surface area contributed by atoms with Gasteiger partial charge in [-0.3, -0.25) is 0 Å². The van der Waals surface area contributed by atoms with E-state index in [2.05, 4.69) is 12.2 Å². The van der Waals surface area contributed by atoms with Crippen LogP contribution in [0.15, 0.2) is 18.2 Å². The molecule has 0 aromatic heterocycles. The van der Waals surface area contributed by atoms with Gasteiger partial charge in [-0.05, 0) is 38.0 Å². The fourth-order valence-corrected chi connectivity index (χ4v) is 2.26. The van der Waals surface area contributed by atoms with E-state index in [9.17, 15) is 4.39 Å². The van der Waals surface area contributed by atoms with Gasteiger partial charge in [0.25, 0.3) is 0 Å². The summed E-state index contributed by atoms with van der Waals surface area (Å²) in [6.07, 6.45) is 2.10. The zero-order valence-electron chi connectivity index (χ0n) is 10.3. The van der Waals surface area contributed by atoms with Gasteiger partial charge in [0.1, 0.15) is 10.8 Å². The Bertz CT molecular complexity index is 458. The topological polar surface area (TPSA) is 47.3 Å². The van der Waals surface area contributed by atoms with Crippen LogP contribution in [0.25, 0.3) is 0 Å². The van der Waals surface area contributed by atoms with E-state index in [0.717, 1.165) is 19.4 Å². The molecule has 1 saturated heterocycles. The Hall–Kier alpha value is -1.20. The minimum Gasteiger partial charge on any atom is -0.389 e. The maximum absolute atomic E-state index is 13.7. The first-order valence-corrected chi connectivity index (χ1v) is 6.38. The molecule has 18 heavy (non-hydrogen) atoms. The molecule has 2 rings (SSSR count). The van der Waals surface area contributed by atoms with Gasteiger partial charge in [-0.1, -0.05) is 12.2 Å². The molecule has 5 heteroatoms. The van der Waals surface area contributed by atoms with E-state index >= 15 is 0 Å². The second-order valence-corrected chi connectivity index (χ2v) is 5.25. The summed E-state index contributed by atoms with van der Waals surface area (Å²) in [6, 6.07) is 4.78. The van der Waals surface area contributed by atoms with Crippen molar-refractivity contribution in [3.8, 4) is 0 Å². The molecule has 1 aliphatic rings. The van der Waals surface area contributed by atoms with Gasteiger partial charge in [-0.25, -0.2) is 4.39 Å². The zero-order valence-corrected chi connectivity index (χ0v) is 11.1. The number of hydrogen-bond acceptors (Lipinski definition) is 3. The van der Waals surface area contributed by atoms with Crippen LogP contribution < -0.4 is 11.1 Å². The summed E-state index contributed by atoms with van der Waals surface area (Å²) in [5.74, 6) is -0.398. The molecule has 1 aliphatic heterocycles. The third kappa shape index (κ3) is 2.97. The Balaban J connectivity index is 2.02. The maximum Gasteiger partial charge on any atom is 0.135 e. The molecule has 1 aromatic rings. The molecule has 3 N–H and O–H groups in total. The molecule has 0 bridgehead atoms. The smallest absolute Gasteiger partial charge is 0.135 e. The molecule has 0 aliphatic carbocycles. The van der Waals surface area contributed by atoms with Crippen molar-refractivity contribution in [1.82, 2.24) is 0 Å². The summed E-state index contributed by atoms with van der Waals surface area (Å²) in [6.45, 7) is 3.53. The van der Waals surface area contributed by atoms with E-state index in [-0.39, 0.29) is 16.2 Å². The Morgan fingerprint density at radius 1 is 1.61 bits per heavy atom. The first-order valence-electron chi connectivity index (χ1n) is 5.97. The van der Waals surface area contributed by atoms with Crippen LogP contribution in [0.2, 0.25) is 0 Å². The summed E-state index contributed by atoms with van der Waals surface area (Å²) >= 11 is 4.76. The van der Waals surface area contributed by atoms with Crippen molar-refractivity contribution in [3.63, 3.8) is 0 Å². The lowest BCUT2D eigenvalue weighted by molar-refractivity contribution is 0.0315. The van der Waals surface area contributed by atoms with Crippen LogP contribution in [0.4, 0.5) is 10.1 Å². The predicted octanol–water partition coefficient (Wildman–Crippen LogP) is 2.44. The Morgan fingerprint density at radius 2 is 2.39 bits per heavy atom. The van der Waals surface area contributed by atoms with Crippen molar-refractivity contribution < 1.29 is 9.13 Å². The quantitative estimate of drug-likeness (QED) is 0.823. The molecule has 98 valence electrons. The maximum atomic E-state index is 13.7. The van der Waals surface area contributed by atoms with Gasteiger partial charge in [-0.2, -0.15) is 0 Å². The number of hydrogen-bond donors (Lipinski definition) is 2. The molecular formula is C13H17FN2OS. The lowest BCUT2D eigenvalue weighted by Crippen LogP contribution is -2.32. The van der Waals surface area contributed by atoms with Gasteiger partial charge >= 0.3 is 0 Å². The van der Waals surface area contributed by atoms with Crippen molar-refractivity contribution in [2.75, 3.05) is 18.5 Å². The lowest BCUT2D eigenvalue weighted by Gasteiger charge is -2.24. The number of ether oxygens (including phenoxy) is 1. The third-order valence-corrected chi connectivity index (χ3v) is 3.42. The molecule has 1 heterocycles. The standard InChI is InChI=1S/C13H17FN2OS/c1-13(5-2-6-17-13)8-16-9-3-4-10(12(15)18)11(14)7-9/h3-4,7,16H,2,5-6,8H2,1H3,(H2,15,18). The van der Waals surface area contributed by atoms with Gasteiger partial charge in [0.05, 0.1) is 5.60 Å². The Kier molecular flexibility index (Phi) is 3.82. The highest BCUT2D eigenvalue weighted by molar-refractivity contribution is 7.80. The largest absolute Gasteiger partial charge is 0.389 e. The molecule has 0 saturated carbocycles. The second kappa shape index (κ2) is 5.20. The van der Waals surface area contributed by atoms with E-state index in [4.69, 9.17) is 22.7 Å². The number of halogens is 1. The Morgan fingerprint density at radius 3 is 2.94 bits per heavy atom. The molecule has 0 radical (unpaired) electrons. The molecule has 3 nitrogen and oxygen atoms in total. The normalized spacial score (nSPS) is 23.0. The molecule has 1 aromatic carbocycles. The summed E-state index contributed by atoms with van der Waals surface area (Å²) in [5.41, 5.74) is 6.24. The first kappa shape index (κ1) is 13.2. The van der Waals surface area contributed by atoms with Crippen LogP contribution >= 0.6 is 12.2 Å². The van der Waals surface area contributed by atoms with Crippen LogP contribution in [0.5, 0.6) is 0 Å². The molecule has 0 amide bonds. The van der Waals surface area contributed by atoms with Crippen LogP contribution in [-0.4, -0.2) is 23.7 Å². The van der Waals surface area contributed by atoms with E-state index in [1.807, 2.05) is 0 Å². The number of thiocarbonyl (C=S) groups is 1. The van der Waals surface area contributed by atoms with Gasteiger partial charge in [0, 0.05) is 24.4 Å². The highest BCUT2D eigenvalue weighted by atomic mass is 32.1. The molecule has 1 unspecified atom stereocenters. The van der Waals surface area contributed by atoms with Crippen molar-refractivity contribution in [1.29, 1.82) is 0 Å². The van der Waals surface area contributed by atoms with Crippen LogP contribution in [-0.2, 0) is 4.74 Å². The van der Waals surface area contributed by atoms with Crippen molar-refractivity contribution in [2.24, 2.45) is 5.73 Å². The fourth-order valence-electron chi connectivity index (χ4n) is 2.09. The van der Waals surface area contributed by atoms with Crippen LogP contribution in [0.1, 0.15) is 25.3 Å². The predicted molar refractivity (Wildman–Crippen MR) is 74.4 cm³/mol. The van der Waals surface area contributed by atoms with Crippen LogP contribution in [0.3, 0.4) is 0 Å². The van der Waals surface area contributed by atoms with Gasteiger partial charge in [-0.15, -0.1) is 0 Å². The monoisotopic (exact) mass is 268 g/mol. The second-order valence-electron chi connectivity index (χ2n) is 4.81. The highest BCUT2D eigenvalue weighted by Gasteiger charge is 2.29. The summed E-state index contributed by atoms with van der Waals surface area (Å²) in [5, 5.41) is 3.18. The molecule has 1 fully saturated rings. The molecule has 0 spiro atoms. The van der Waals surface area contributed by atoms with Gasteiger partial charge in [0.15, 0.2) is 0 Å². The average molecular weight is 268 g/mol. The number of anilines is 1. The minimum atomic E-state index is -0.398. The van der Waals surface area contributed by atoms with Gasteiger partial charge in [0.2, 0.25) is 0 Å². The molecule has 1 atom stereocenters. The highest BCUT2D eigenvalue weighted by Crippen LogP contribution is 2.25. The number of rotatable bonds is 4. The van der Waals surface area contributed by atoms with Crippen molar-refractivity contribution in [3.05, 3.63) is 29.6 Å². The SMILES string of the molecule is CC1(CNc2ccc(C(N)=S)c(F)c2)CCCO1. The van der Waals surface area contributed by atoms with E-state index in [0.29, 0.717) is 12.2 Å². The van der Waals surface area contributed by atoms with E-state index in [1.165, 1.54) is 6.07 Å².